The second kappa shape index (κ2) is 5.37. The molecule has 2 aromatic carbocycles. The van der Waals surface area contributed by atoms with E-state index in [-0.39, 0.29) is 5.78 Å². The van der Waals surface area contributed by atoms with Crippen LogP contribution in [0.25, 0.3) is 10.8 Å². The number of rotatable bonds is 3. The third-order valence-corrected chi connectivity index (χ3v) is 3.55. The minimum atomic E-state index is 0.0375. The third kappa shape index (κ3) is 2.50. The van der Waals surface area contributed by atoms with Gasteiger partial charge in [-0.2, -0.15) is 0 Å². The van der Waals surface area contributed by atoms with Gasteiger partial charge in [-0.05, 0) is 23.6 Å². The smallest absolute Gasteiger partial charge is 0.193 e. The average molecular weight is 276 g/mol. The predicted octanol–water partition coefficient (Wildman–Crippen LogP) is 3.53. The molecule has 3 nitrogen and oxygen atoms in total. The summed E-state index contributed by atoms with van der Waals surface area (Å²) in [5, 5.41) is 1.92. The number of hydrogen-bond donors (Lipinski definition) is 0. The zero-order valence-corrected chi connectivity index (χ0v) is 12.1. The molecular weight excluding hydrogens is 260 g/mol. The van der Waals surface area contributed by atoms with Crippen molar-refractivity contribution in [3.8, 4) is 0 Å². The number of pyridine rings is 1. The van der Waals surface area contributed by atoms with Crippen LogP contribution in [0.15, 0.2) is 60.9 Å². The lowest BCUT2D eigenvalue weighted by Gasteiger charge is -2.13. The summed E-state index contributed by atoms with van der Waals surface area (Å²) in [4.78, 5) is 18.9. The van der Waals surface area contributed by atoms with E-state index in [2.05, 4.69) is 4.98 Å². The number of carbonyl (C=O) groups excluding carboxylic acids is 1. The Bertz CT molecular complexity index is 804. The highest BCUT2D eigenvalue weighted by Gasteiger charge is 2.13. The Kier molecular flexibility index (Phi) is 3.40. The number of aromatic nitrogens is 1. The van der Waals surface area contributed by atoms with E-state index in [0.29, 0.717) is 11.1 Å². The van der Waals surface area contributed by atoms with E-state index in [1.807, 2.05) is 67.5 Å². The van der Waals surface area contributed by atoms with Crippen LogP contribution in [0.1, 0.15) is 15.9 Å². The second-order valence-corrected chi connectivity index (χ2v) is 5.18. The van der Waals surface area contributed by atoms with Crippen molar-refractivity contribution >= 4 is 22.2 Å². The maximum atomic E-state index is 12.8. The van der Waals surface area contributed by atoms with E-state index >= 15 is 0 Å². The molecule has 0 spiro atoms. The first kappa shape index (κ1) is 13.3. The molecule has 0 bridgehead atoms. The maximum Gasteiger partial charge on any atom is 0.193 e. The zero-order chi connectivity index (χ0) is 14.8. The van der Waals surface area contributed by atoms with Gasteiger partial charge in [-0.3, -0.25) is 9.78 Å². The molecule has 3 heteroatoms. The molecule has 0 saturated carbocycles. The van der Waals surface area contributed by atoms with E-state index in [9.17, 15) is 4.79 Å². The molecule has 0 amide bonds. The van der Waals surface area contributed by atoms with Crippen molar-refractivity contribution in [3.05, 3.63) is 72.1 Å². The van der Waals surface area contributed by atoms with Crippen LogP contribution in [-0.4, -0.2) is 24.9 Å². The molecule has 0 saturated heterocycles. The number of fused-ring (bicyclic) bond motifs is 1. The Labute approximate surface area is 123 Å². The van der Waals surface area contributed by atoms with Gasteiger partial charge in [0, 0.05) is 48.7 Å². The average Bonchev–Trinajstić information content (AvgIpc) is 2.53. The van der Waals surface area contributed by atoms with Crippen LogP contribution in [0.2, 0.25) is 0 Å². The molecule has 0 unspecified atom stereocenters. The first-order valence-corrected chi connectivity index (χ1v) is 6.81. The Balaban J connectivity index is 2.11. The lowest BCUT2D eigenvalue weighted by molar-refractivity contribution is 0.104. The van der Waals surface area contributed by atoms with Crippen LogP contribution in [0.3, 0.4) is 0 Å². The molecule has 21 heavy (non-hydrogen) atoms. The van der Waals surface area contributed by atoms with Crippen LogP contribution < -0.4 is 4.90 Å². The summed E-state index contributed by atoms with van der Waals surface area (Å²) in [5.41, 5.74) is 2.43. The lowest BCUT2D eigenvalue weighted by atomic mass is 9.98. The van der Waals surface area contributed by atoms with E-state index < -0.39 is 0 Å². The van der Waals surface area contributed by atoms with Crippen LogP contribution in [-0.2, 0) is 0 Å². The molecular formula is C18H16N2O. The van der Waals surface area contributed by atoms with Gasteiger partial charge in [0.25, 0.3) is 0 Å². The van der Waals surface area contributed by atoms with E-state index in [1.165, 1.54) is 0 Å². The number of anilines is 1. The maximum absolute atomic E-state index is 12.8. The van der Waals surface area contributed by atoms with Crippen molar-refractivity contribution in [2.24, 2.45) is 0 Å². The van der Waals surface area contributed by atoms with E-state index in [4.69, 9.17) is 0 Å². The first-order valence-electron chi connectivity index (χ1n) is 6.81. The van der Waals surface area contributed by atoms with Crippen molar-refractivity contribution in [3.63, 3.8) is 0 Å². The Morgan fingerprint density at radius 2 is 1.86 bits per heavy atom. The van der Waals surface area contributed by atoms with Crippen LogP contribution in [0, 0.1) is 0 Å². The highest BCUT2D eigenvalue weighted by atomic mass is 16.1. The largest absolute Gasteiger partial charge is 0.378 e. The van der Waals surface area contributed by atoms with Crippen LogP contribution >= 0.6 is 0 Å². The normalized spacial score (nSPS) is 10.6. The quantitative estimate of drug-likeness (QED) is 0.686. The molecule has 0 radical (unpaired) electrons. The van der Waals surface area contributed by atoms with Gasteiger partial charge in [0.2, 0.25) is 0 Å². The fourth-order valence-corrected chi connectivity index (χ4v) is 2.40. The van der Waals surface area contributed by atoms with Crippen molar-refractivity contribution in [2.75, 3.05) is 19.0 Å². The Morgan fingerprint density at radius 3 is 2.67 bits per heavy atom. The summed E-state index contributed by atoms with van der Waals surface area (Å²) >= 11 is 0. The number of carbonyl (C=O) groups is 1. The summed E-state index contributed by atoms with van der Waals surface area (Å²) in [5.74, 6) is 0.0375. The fraction of sp³-hybridized carbons (Fsp3) is 0.111. The first-order chi connectivity index (χ1) is 10.2. The molecule has 104 valence electrons. The predicted molar refractivity (Wildman–Crippen MR) is 85.9 cm³/mol. The standard InChI is InChI=1S/C18H16N2O/c1-20(2)15-7-3-5-13(11-15)18(21)17-8-4-6-14-12-19-10-9-16(14)17/h3-12H,1-2H3. The number of benzene rings is 2. The monoisotopic (exact) mass is 276 g/mol. The molecule has 0 fully saturated rings. The molecule has 0 atom stereocenters. The molecule has 3 aromatic rings. The second-order valence-electron chi connectivity index (χ2n) is 5.18. The summed E-state index contributed by atoms with van der Waals surface area (Å²) in [6, 6.07) is 15.3. The fourth-order valence-electron chi connectivity index (χ4n) is 2.40. The van der Waals surface area contributed by atoms with Crippen LogP contribution in [0.4, 0.5) is 5.69 Å². The number of ketones is 1. The molecule has 1 heterocycles. The SMILES string of the molecule is CN(C)c1cccc(C(=O)c2cccc3cnccc23)c1. The minimum Gasteiger partial charge on any atom is -0.378 e. The van der Waals surface area contributed by atoms with Crippen molar-refractivity contribution < 1.29 is 4.79 Å². The molecule has 0 aliphatic rings. The summed E-state index contributed by atoms with van der Waals surface area (Å²) in [7, 11) is 3.93. The highest BCUT2D eigenvalue weighted by Crippen LogP contribution is 2.22. The summed E-state index contributed by atoms with van der Waals surface area (Å²) in [6.07, 6.45) is 3.50. The lowest BCUT2D eigenvalue weighted by Crippen LogP contribution is -2.10. The van der Waals surface area contributed by atoms with Gasteiger partial charge >= 0.3 is 0 Å². The van der Waals surface area contributed by atoms with Crippen LogP contribution in [0.5, 0.6) is 0 Å². The Morgan fingerprint density at radius 1 is 1.05 bits per heavy atom. The van der Waals surface area contributed by atoms with Gasteiger partial charge in [-0.1, -0.05) is 30.3 Å². The molecule has 0 aliphatic carbocycles. The highest BCUT2D eigenvalue weighted by molar-refractivity contribution is 6.16. The molecule has 0 aliphatic heterocycles. The van der Waals surface area contributed by atoms with Gasteiger partial charge in [0.15, 0.2) is 5.78 Å². The molecule has 3 rings (SSSR count). The Hall–Kier alpha value is -2.68. The van der Waals surface area contributed by atoms with Crippen molar-refractivity contribution in [1.82, 2.24) is 4.98 Å². The number of nitrogens with zero attached hydrogens (tertiary/aromatic N) is 2. The van der Waals surface area contributed by atoms with Gasteiger partial charge in [-0.15, -0.1) is 0 Å². The minimum absolute atomic E-state index is 0.0375. The van der Waals surface area contributed by atoms with E-state index in [0.717, 1.165) is 16.5 Å². The molecule has 0 N–H and O–H groups in total. The van der Waals surface area contributed by atoms with E-state index in [1.54, 1.807) is 12.4 Å². The summed E-state index contributed by atoms with van der Waals surface area (Å²) in [6.45, 7) is 0. The third-order valence-electron chi connectivity index (χ3n) is 3.55. The zero-order valence-electron chi connectivity index (χ0n) is 12.1. The topological polar surface area (TPSA) is 33.2 Å². The van der Waals surface area contributed by atoms with Gasteiger partial charge < -0.3 is 4.90 Å². The van der Waals surface area contributed by atoms with Gasteiger partial charge in [0.1, 0.15) is 0 Å². The van der Waals surface area contributed by atoms with Crippen molar-refractivity contribution in [2.45, 2.75) is 0 Å². The number of hydrogen-bond acceptors (Lipinski definition) is 3. The molecule has 1 aromatic heterocycles. The summed E-state index contributed by atoms with van der Waals surface area (Å²) < 4.78 is 0. The van der Waals surface area contributed by atoms with Gasteiger partial charge in [0.05, 0.1) is 0 Å². The van der Waals surface area contributed by atoms with Gasteiger partial charge in [-0.25, -0.2) is 0 Å². The van der Waals surface area contributed by atoms with Crippen molar-refractivity contribution in [1.29, 1.82) is 0 Å².